The summed E-state index contributed by atoms with van der Waals surface area (Å²) in [6, 6.07) is 6.70. The number of rotatable bonds is 3. The lowest BCUT2D eigenvalue weighted by molar-refractivity contribution is 0.0892. The number of hydrogen-bond donors (Lipinski definition) is 0. The van der Waals surface area contributed by atoms with Gasteiger partial charge in [-0.25, -0.2) is 0 Å². The highest BCUT2D eigenvalue weighted by Crippen LogP contribution is 2.28. The molecule has 1 aromatic carbocycles. The molecule has 0 N–H and O–H groups in total. The number of carbonyl (C=O) groups is 1. The van der Waals surface area contributed by atoms with Crippen molar-refractivity contribution in [3.63, 3.8) is 0 Å². The molecule has 0 amide bonds. The Labute approximate surface area is 99.6 Å². The minimum absolute atomic E-state index is 0.250. The predicted molar refractivity (Wildman–Crippen MR) is 61.7 cm³/mol. The molecule has 0 saturated heterocycles. The van der Waals surface area contributed by atoms with E-state index in [9.17, 15) is 4.79 Å². The summed E-state index contributed by atoms with van der Waals surface area (Å²) in [5.41, 5.74) is -0.630. The number of ether oxygens (including phenoxy) is 1. The molecular formula is C12H12ClNO2. The molecule has 0 aliphatic rings. The Balaban J connectivity index is 3.13. The maximum atomic E-state index is 11.9. The van der Waals surface area contributed by atoms with E-state index in [1.54, 1.807) is 26.0 Å². The van der Waals surface area contributed by atoms with Crippen LogP contribution in [-0.2, 0) is 0 Å². The van der Waals surface area contributed by atoms with Crippen LogP contribution < -0.4 is 4.74 Å². The molecule has 84 valence electrons. The molecule has 4 heteroatoms. The molecule has 0 heterocycles. The van der Waals surface area contributed by atoms with Gasteiger partial charge in [-0.3, -0.25) is 4.79 Å². The summed E-state index contributed by atoms with van der Waals surface area (Å²) in [5, 5.41) is 9.23. The van der Waals surface area contributed by atoms with Crippen molar-refractivity contribution in [3.8, 4) is 11.8 Å². The van der Waals surface area contributed by atoms with E-state index in [-0.39, 0.29) is 5.78 Å². The number of halogens is 1. The van der Waals surface area contributed by atoms with Gasteiger partial charge in [-0.05, 0) is 32.0 Å². The summed E-state index contributed by atoms with van der Waals surface area (Å²) in [5.74, 6) is 0.257. The zero-order valence-electron chi connectivity index (χ0n) is 9.37. The van der Waals surface area contributed by atoms with Crippen molar-refractivity contribution in [2.75, 3.05) is 7.11 Å². The molecule has 0 atom stereocenters. The van der Waals surface area contributed by atoms with E-state index in [4.69, 9.17) is 21.6 Å². The van der Waals surface area contributed by atoms with Crippen LogP contribution in [-0.4, -0.2) is 12.9 Å². The van der Waals surface area contributed by atoms with Crippen LogP contribution in [0.3, 0.4) is 0 Å². The van der Waals surface area contributed by atoms with Gasteiger partial charge in [0.2, 0.25) is 0 Å². The topological polar surface area (TPSA) is 50.1 Å². The molecule has 0 aromatic heterocycles. The molecule has 0 saturated carbocycles. The fraction of sp³-hybridized carbons (Fsp3) is 0.333. The fourth-order valence-corrected chi connectivity index (χ4v) is 1.48. The molecule has 0 aliphatic heterocycles. The Morgan fingerprint density at radius 2 is 2.12 bits per heavy atom. The summed E-state index contributed by atoms with van der Waals surface area (Å²) in [6.07, 6.45) is 0. The summed E-state index contributed by atoms with van der Waals surface area (Å²) < 4.78 is 4.98. The molecule has 1 rings (SSSR count). The van der Waals surface area contributed by atoms with E-state index < -0.39 is 5.41 Å². The van der Waals surface area contributed by atoms with Crippen LogP contribution >= 0.6 is 11.6 Å². The second-order valence-electron chi connectivity index (χ2n) is 3.92. The third kappa shape index (κ3) is 2.34. The standard InChI is InChI=1S/C12H12ClNO2/c1-12(2,7-14)11(15)8-4-5-10(16-3)9(13)6-8/h4-6H,1-3H3. The molecule has 1 aromatic rings. The molecular weight excluding hydrogens is 226 g/mol. The molecule has 0 bridgehead atoms. The Morgan fingerprint density at radius 1 is 1.50 bits per heavy atom. The van der Waals surface area contributed by atoms with E-state index >= 15 is 0 Å². The van der Waals surface area contributed by atoms with Gasteiger partial charge in [0.25, 0.3) is 0 Å². The number of ketones is 1. The van der Waals surface area contributed by atoms with Crippen molar-refractivity contribution >= 4 is 17.4 Å². The highest BCUT2D eigenvalue weighted by Gasteiger charge is 2.28. The van der Waals surface area contributed by atoms with E-state index in [0.717, 1.165) is 0 Å². The number of Topliss-reactive ketones (excluding diaryl/α,β-unsaturated/α-hetero) is 1. The number of nitriles is 1. The van der Waals surface area contributed by atoms with Crippen molar-refractivity contribution < 1.29 is 9.53 Å². The first-order valence-electron chi connectivity index (χ1n) is 4.72. The lowest BCUT2D eigenvalue weighted by Gasteiger charge is -2.14. The minimum atomic E-state index is -1.04. The van der Waals surface area contributed by atoms with Gasteiger partial charge in [0.15, 0.2) is 5.78 Å². The monoisotopic (exact) mass is 237 g/mol. The quantitative estimate of drug-likeness (QED) is 0.759. The van der Waals surface area contributed by atoms with Gasteiger partial charge in [-0.15, -0.1) is 0 Å². The van der Waals surface area contributed by atoms with Gasteiger partial charge < -0.3 is 4.74 Å². The Kier molecular flexibility index (Phi) is 3.56. The SMILES string of the molecule is COc1ccc(C(=O)C(C)(C)C#N)cc1Cl. The van der Waals surface area contributed by atoms with Crippen LogP contribution in [0.1, 0.15) is 24.2 Å². The lowest BCUT2D eigenvalue weighted by Crippen LogP contribution is -2.22. The first kappa shape index (κ1) is 12.5. The van der Waals surface area contributed by atoms with Crippen molar-refractivity contribution in [2.24, 2.45) is 5.41 Å². The zero-order valence-corrected chi connectivity index (χ0v) is 10.1. The molecule has 0 radical (unpaired) electrons. The van der Waals surface area contributed by atoms with Gasteiger partial charge >= 0.3 is 0 Å². The highest BCUT2D eigenvalue weighted by molar-refractivity contribution is 6.32. The maximum Gasteiger partial charge on any atom is 0.182 e. The smallest absolute Gasteiger partial charge is 0.182 e. The number of nitrogens with zero attached hydrogens (tertiary/aromatic N) is 1. The summed E-state index contributed by atoms with van der Waals surface area (Å²) in [7, 11) is 1.50. The Bertz CT molecular complexity index is 461. The second-order valence-corrected chi connectivity index (χ2v) is 4.32. The van der Waals surface area contributed by atoms with Crippen molar-refractivity contribution in [2.45, 2.75) is 13.8 Å². The van der Waals surface area contributed by atoms with Crippen LogP contribution in [0.4, 0.5) is 0 Å². The third-order valence-electron chi connectivity index (χ3n) is 2.26. The number of carbonyl (C=O) groups excluding carboxylic acids is 1. The van der Waals surface area contributed by atoms with Crippen LogP contribution in [0, 0.1) is 16.7 Å². The third-order valence-corrected chi connectivity index (χ3v) is 2.56. The number of hydrogen-bond acceptors (Lipinski definition) is 3. The van der Waals surface area contributed by atoms with Gasteiger partial charge in [-0.1, -0.05) is 11.6 Å². The minimum Gasteiger partial charge on any atom is -0.495 e. The van der Waals surface area contributed by atoms with Crippen molar-refractivity contribution in [1.29, 1.82) is 5.26 Å². The van der Waals surface area contributed by atoms with Gasteiger partial charge in [-0.2, -0.15) is 5.26 Å². The van der Waals surface area contributed by atoms with Crippen LogP contribution in [0.2, 0.25) is 5.02 Å². The van der Waals surface area contributed by atoms with Gasteiger partial charge in [0.05, 0.1) is 18.2 Å². The molecule has 0 fully saturated rings. The largest absolute Gasteiger partial charge is 0.495 e. The number of benzene rings is 1. The van der Waals surface area contributed by atoms with Crippen LogP contribution in [0.25, 0.3) is 0 Å². The maximum absolute atomic E-state index is 11.9. The van der Waals surface area contributed by atoms with E-state index in [1.807, 2.05) is 6.07 Å². The molecule has 0 spiro atoms. The van der Waals surface area contributed by atoms with Crippen LogP contribution in [0.15, 0.2) is 18.2 Å². The van der Waals surface area contributed by atoms with Gasteiger partial charge in [0.1, 0.15) is 11.2 Å². The summed E-state index contributed by atoms with van der Waals surface area (Å²) >= 11 is 5.91. The van der Waals surface area contributed by atoms with Gasteiger partial charge in [0, 0.05) is 5.56 Å². The molecule has 0 unspecified atom stereocenters. The summed E-state index contributed by atoms with van der Waals surface area (Å²) in [6.45, 7) is 3.15. The number of methoxy groups -OCH3 is 1. The zero-order chi connectivity index (χ0) is 12.3. The van der Waals surface area contributed by atoms with E-state index in [2.05, 4.69) is 0 Å². The second kappa shape index (κ2) is 4.54. The average Bonchev–Trinajstić information content (AvgIpc) is 2.27. The highest BCUT2D eigenvalue weighted by atomic mass is 35.5. The van der Waals surface area contributed by atoms with Crippen molar-refractivity contribution in [1.82, 2.24) is 0 Å². The summed E-state index contributed by atoms with van der Waals surface area (Å²) in [4.78, 5) is 11.9. The van der Waals surface area contributed by atoms with Crippen molar-refractivity contribution in [3.05, 3.63) is 28.8 Å². The fourth-order valence-electron chi connectivity index (χ4n) is 1.22. The predicted octanol–water partition coefficient (Wildman–Crippen LogP) is 3.08. The molecule has 16 heavy (non-hydrogen) atoms. The van der Waals surface area contributed by atoms with E-state index in [1.165, 1.54) is 13.2 Å². The normalized spacial score (nSPS) is 10.7. The first-order valence-corrected chi connectivity index (χ1v) is 5.10. The average molecular weight is 238 g/mol. The first-order chi connectivity index (χ1) is 7.42. The molecule has 3 nitrogen and oxygen atoms in total. The van der Waals surface area contributed by atoms with E-state index in [0.29, 0.717) is 16.3 Å². The Hall–Kier alpha value is -1.53. The lowest BCUT2D eigenvalue weighted by atomic mass is 9.86. The Morgan fingerprint density at radius 3 is 2.56 bits per heavy atom. The molecule has 0 aliphatic carbocycles. The van der Waals surface area contributed by atoms with Crippen LogP contribution in [0.5, 0.6) is 5.75 Å².